The zero-order chi connectivity index (χ0) is 9.84. The maximum absolute atomic E-state index is 12.7. The predicted molar refractivity (Wildman–Crippen MR) is 52.8 cm³/mol. The minimum Gasteiger partial charge on any atom is -0.478 e. The Hall–Kier alpha value is -1.21. The highest BCUT2D eigenvalue weighted by atomic mass is 79.9. The highest BCUT2D eigenvalue weighted by molar-refractivity contribution is 9.10. The van der Waals surface area contributed by atoms with Gasteiger partial charge < -0.3 is 10.5 Å². The molecule has 0 fully saturated rings. The van der Waals surface area contributed by atoms with E-state index in [2.05, 4.69) is 21.9 Å². The number of rotatable bonds is 2. The van der Waals surface area contributed by atoms with E-state index in [0.29, 0.717) is 10.2 Å². The van der Waals surface area contributed by atoms with Crippen molar-refractivity contribution in [2.24, 2.45) is 0 Å². The maximum atomic E-state index is 12.7. The maximum Gasteiger partial charge on any atom is 0.158 e. The molecule has 1 aromatic carbocycles. The zero-order valence-corrected chi connectivity index (χ0v) is 8.27. The van der Waals surface area contributed by atoms with Gasteiger partial charge in [-0.1, -0.05) is 5.92 Å². The largest absolute Gasteiger partial charge is 0.478 e. The van der Waals surface area contributed by atoms with Gasteiger partial charge >= 0.3 is 0 Å². The molecule has 2 N–H and O–H groups in total. The van der Waals surface area contributed by atoms with Crippen LogP contribution in [0.15, 0.2) is 16.6 Å². The predicted octanol–water partition coefficient (Wildman–Crippen LogP) is 2.18. The number of halogens is 2. The standard InChI is InChI=1S/C9H7BrFNO/c1-2-3-13-9-7(10)4-6(11)5-8(9)12/h1,4-5H,3,12H2. The molecule has 1 aromatic rings. The van der Waals surface area contributed by atoms with Gasteiger partial charge in [-0.2, -0.15) is 0 Å². The third-order valence-corrected chi connectivity index (χ3v) is 1.93. The first-order valence-electron chi connectivity index (χ1n) is 3.46. The molecule has 4 heteroatoms. The van der Waals surface area contributed by atoms with Crippen LogP contribution in [0.5, 0.6) is 5.75 Å². The molecule has 0 saturated heterocycles. The van der Waals surface area contributed by atoms with Crippen LogP contribution in [0.25, 0.3) is 0 Å². The minimum absolute atomic E-state index is 0.106. The van der Waals surface area contributed by atoms with Crippen LogP contribution in [-0.4, -0.2) is 6.61 Å². The van der Waals surface area contributed by atoms with Gasteiger partial charge in [-0.05, 0) is 22.0 Å². The van der Waals surface area contributed by atoms with Crippen LogP contribution >= 0.6 is 15.9 Å². The summed E-state index contributed by atoms with van der Waals surface area (Å²) in [6.45, 7) is 0.106. The number of ether oxygens (including phenoxy) is 1. The molecule has 0 saturated carbocycles. The third-order valence-electron chi connectivity index (χ3n) is 1.34. The molecule has 0 spiro atoms. The van der Waals surface area contributed by atoms with Gasteiger partial charge in [-0.3, -0.25) is 0 Å². The monoisotopic (exact) mass is 243 g/mol. The van der Waals surface area contributed by atoms with Gasteiger partial charge in [0.25, 0.3) is 0 Å². The fraction of sp³-hybridized carbons (Fsp3) is 0.111. The lowest BCUT2D eigenvalue weighted by Crippen LogP contribution is -1.99. The number of hydrogen-bond acceptors (Lipinski definition) is 2. The molecule has 0 unspecified atom stereocenters. The molecule has 0 amide bonds. The molecule has 0 aliphatic carbocycles. The van der Waals surface area contributed by atoms with Gasteiger partial charge in [0.1, 0.15) is 12.4 Å². The quantitative estimate of drug-likeness (QED) is 0.639. The number of hydrogen-bond donors (Lipinski definition) is 1. The molecule has 0 aliphatic heterocycles. The van der Waals surface area contributed by atoms with Gasteiger partial charge in [0.15, 0.2) is 5.75 Å². The number of benzene rings is 1. The van der Waals surface area contributed by atoms with Gasteiger partial charge in [0, 0.05) is 6.07 Å². The summed E-state index contributed by atoms with van der Waals surface area (Å²) in [5, 5.41) is 0. The molecule has 0 aromatic heterocycles. The molecule has 0 aliphatic rings. The summed E-state index contributed by atoms with van der Waals surface area (Å²) in [5.41, 5.74) is 5.72. The zero-order valence-electron chi connectivity index (χ0n) is 6.68. The van der Waals surface area contributed by atoms with Gasteiger partial charge in [-0.25, -0.2) is 4.39 Å². The van der Waals surface area contributed by atoms with Crippen molar-refractivity contribution in [1.82, 2.24) is 0 Å². The summed E-state index contributed by atoms with van der Waals surface area (Å²) in [6.07, 6.45) is 5.00. The second-order valence-electron chi connectivity index (χ2n) is 2.30. The van der Waals surface area contributed by atoms with Crippen molar-refractivity contribution in [3.63, 3.8) is 0 Å². The summed E-state index contributed by atoms with van der Waals surface area (Å²) in [4.78, 5) is 0. The first kappa shape index (κ1) is 9.87. The van der Waals surface area contributed by atoms with Crippen LogP contribution in [-0.2, 0) is 0 Å². The van der Waals surface area contributed by atoms with Crippen LogP contribution in [0, 0.1) is 18.2 Å². The van der Waals surface area contributed by atoms with Crippen LogP contribution in [0.3, 0.4) is 0 Å². The van der Waals surface area contributed by atoms with Crippen molar-refractivity contribution in [3.8, 4) is 18.1 Å². The fourth-order valence-electron chi connectivity index (χ4n) is 0.846. The number of nitrogens with two attached hydrogens (primary N) is 1. The first-order chi connectivity index (χ1) is 6.15. The molecule has 13 heavy (non-hydrogen) atoms. The van der Waals surface area contributed by atoms with Crippen molar-refractivity contribution in [2.75, 3.05) is 12.3 Å². The SMILES string of the molecule is C#CCOc1c(N)cc(F)cc1Br. The van der Waals surface area contributed by atoms with E-state index in [1.54, 1.807) is 0 Å². The second-order valence-corrected chi connectivity index (χ2v) is 3.15. The first-order valence-corrected chi connectivity index (χ1v) is 4.25. The Balaban J connectivity index is 3.00. The Morgan fingerprint density at radius 3 is 2.85 bits per heavy atom. The van der Waals surface area contributed by atoms with Crippen molar-refractivity contribution in [2.45, 2.75) is 0 Å². The van der Waals surface area contributed by atoms with Crippen LogP contribution in [0.2, 0.25) is 0 Å². The molecular weight excluding hydrogens is 237 g/mol. The average molecular weight is 244 g/mol. The molecule has 2 nitrogen and oxygen atoms in total. The van der Waals surface area contributed by atoms with E-state index in [1.807, 2.05) is 0 Å². The molecule has 0 heterocycles. The highest BCUT2D eigenvalue weighted by Gasteiger charge is 2.07. The highest BCUT2D eigenvalue weighted by Crippen LogP contribution is 2.32. The molecule has 0 bridgehead atoms. The Kier molecular flexibility index (Phi) is 3.15. The number of anilines is 1. The fourth-order valence-corrected chi connectivity index (χ4v) is 1.41. The Morgan fingerprint density at radius 1 is 1.62 bits per heavy atom. The van der Waals surface area contributed by atoms with E-state index in [1.165, 1.54) is 12.1 Å². The Bertz CT molecular complexity index is 336. The topological polar surface area (TPSA) is 35.2 Å². The van der Waals surface area contributed by atoms with Crippen LogP contribution in [0.1, 0.15) is 0 Å². The normalized spacial score (nSPS) is 9.31. The van der Waals surface area contributed by atoms with Crippen molar-refractivity contribution < 1.29 is 9.13 Å². The van der Waals surface area contributed by atoms with Gasteiger partial charge in [-0.15, -0.1) is 6.42 Å². The van der Waals surface area contributed by atoms with Gasteiger partial charge in [0.05, 0.1) is 10.2 Å². The van der Waals surface area contributed by atoms with E-state index in [4.69, 9.17) is 16.9 Å². The van der Waals surface area contributed by atoms with Crippen LogP contribution < -0.4 is 10.5 Å². The van der Waals surface area contributed by atoms with Crippen molar-refractivity contribution in [3.05, 3.63) is 22.4 Å². The molecule has 0 radical (unpaired) electrons. The number of terminal acetylenes is 1. The lowest BCUT2D eigenvalue weighted by atomic mass is 10.3. The third kappa shape index (κ3) is 2.36. The van der Waals surface area contributed by atoms with Crippen molar-refractivity contribution in [1.29, 1.82) is 0 Å². The molecule has 1 rings (SSSR count). The molecule has 0 atom stereocenters. The summed E-state index contributed by atoms with van der Waals surface area (Å²) in [5.74, 6) is 2.25. The van der Waals surface area contributed by atoms with E-state index in [9.17, 15) is 4.39 Å². The summed E-state index contributed by atoms with van der Waals surface area (Å²) < 4.78 is 18.3. The lowest BCUT2D eigenvalue weighted by molar-refractivity contribution is 0.369. The second kappa shape index (κ2) is 4.15. The Morgan fingerprint density at radius 2 is 2.31 bits per heavy atom. The summed E-state index contributed by atoms with van der Waals surface area (Å²) in [6, 6.07) is 2.44. The smallest absolute Gasteiger partial charge is 0.158 e. The Labute approximate surface area is 84.0 Å². The van der Waals surface area contributed by atoms with E-state index in [0.717, 1.165) is 0 Å². The average Bonchev–Trinajstić information content (AvgIpc) is 2.02. The van der Waals surface area contributed by atoms with E-state index in [-0.39, 0.29) is 12.3 Å². The van der Waals surface area contributed by atoms with E-state index < -0.39 is 5.82 Å². The van der Waals surface area contributed by atoms with E-state index >= 15 is 0 Å². The van der Waals surface area contributed by atoms with Crippen molar-refractivity contribution >= 4 is 21.6 Å². The summed E-state index contributed by atoms with van der Waals surface area (Å²) >= 11 is 3.11. The van der Waals surface area contributed by atoms with Crippen LogP contribution in [0.4, 0.5) is 10.1 Å². The molecular formula is C9H7BrFNO. The molecule has 68 valence electrons. The summed E-state index contributed by atoms with van der Waals surface area (Å²) in [7, 11) is 0. The lowest BCUT2D eigenvalue weighted by Gasteiger charge is -2.07. The number of nitrogen functional groups attached to an aromatic ring is 1. The minimum atomic E-state index is -0.419. The van der Waals surface area contributed by atoms with Gasteiger partial charge in [0.2, 0.25) is 0 Å².